The fourth-order valence-corrected chi connectivity index (χ4v) is 3.37. The molecule has 7 heteroatoms. The second kappa shape index (κ2) is 7.66. The van der Waals surface area contributed by atoms with Crippen LogP contribution in [0.3, 0.4) is 0 Å². The maximum Gasteiger partial charge on any atom is 0.254 e. The second-order valence-electron chi connectivity index (χ2n) is 7.56. The number of carbonyl (C=O) groups excluding carboxylic acids is 2. The molecule has 4 rings (SSSR count). The van der Waals surface area contributed by atoms with Crippen LogP contribution in [-0.4, -0.2) is 46.2 Å². The predicted octanol–water partition coefficient (Wildman–Crippen LogP) is 3.57. The molecule has 0 saturated carbocycles. The Labute approximate surface area is 167 Å². The average molecular weight is 395 g/mol. The molecule has 1 aromatic heterocycles. The zero-order chi connectivity index (χ0) is 20.5. The lowest BCUT2D eigenvalue weighted by Gasteiger charge is -2.34. The first kappa shape index (κ1) is 19.1. The molecule has 0 unspecified atom stereocenters. The molecule has 0 spiro atoms. The van der Waals surface area contributed by atoms with Crippen molar-refractivity contribution in [3.05, 3.63) is 65.3 Å². The Bertz CT molecular complexity index is 1060. The molecule has 6 nitrogen and oxygen atoms in total. The zero-order valence-corrected chi connectivity index (χ0v) is 16.4. The molecule has 0 aliphatic carbocycles. The molecular formula is C22H22FN3O3. The molecule has 1 aliphatic rings. The highest BCUT2D eigenvalue weighted by Crippen LogP contribution is 2.23. The van der Waals surface area contributed by atoms with Gasteiger partial charge in [0.15, 0.2) is 11.5 Å². The number of oxazole rings is 1. The molecule has 1 fully saturated rings. The van der Waals surface area contributed by atoms with Gasteiger partial charge in [-0.15, -0.1) is 0 Å². The summed E-state index contributed by atoms with van der Waals surface area (Å²) in [6.07, 6.45) is 0. The molecule has 0 N–H and O–H groups in total. The maximum absolute atomic E-state index is 13.0. The third-order valence-electron chi connectivity index (χ3n) is 5.04. The largest absolute Gasteiger partial charge is 0.440 e. The van der Waals surface area contributed by atoms with Crippen LogP contribution < -0.4 is 0 Å². The Hall–Kier alpha value is -3.22. The minimum Gasteiger partial charge on any atom is -0.440 e. The number of hydrogen-bond donors (Lipinski definition) is 0. The summed E-state index contributed by atoms with van der Waals surface area (Å²) in [4.78, 5) is 33.1. The SMILES string of the molecule is CC(C)c1nc2cc(C(=O)N3CCN(Cc4ccc(F)cc4)C(=O)C3)ccc2o1. The number of nitrogens with zero attached hydrogens (tertiary/aromatic N) is 3. The van der Waals surface area contributed by atoms with E-state index < -0.39 is 0 Å². The second-order valence-corrected chi connectivity index (χ2v) is 7.56. The minimum absolute atomic E-state index is 0.0219. The van der Waals surface area contributed by atoms with Gasteiger partial charge in [0.2, 0.25) is 5.91 Å². The molecule has 29 heavy (non-hydrogen) atoms. The van der Waals surface area contributed by atoms with E-state index in [2.05, 4.69) is 4.98 Å². The number of hydrogen-bond acceptors (Lipinski definition) is 4. The van der Waals surface area contributed by atoms with Crippen LogP contribution in [0, 0.1) is 5.82 Å². The lowest BCUT2D eigenvalue weighted by atomic mass is 10.1. The summed E-state index contributed by atoms with van der Waals surface area (Å²) in [6, 6.07) is 11.2. The van der Waals surface area contributed by atoms with Crippen LogP contribution in [0.4, 0.5) is 4.39 Å². The number of rotatable bonds is 4. The van der Waals surface area contributed by atoms with Gasteiger partial charge in [0.05, 0.1) is 0 Å². The fourth-order valence-electron chi connectivity index (χ4n) is 3.37. The molecular weight excluding hydrogens is 373 g/mol. The lowest BCUT2D eigenvalue weighted by molar-refractivity contribution is -0.135. The number of carbonyl (C=O) groups is 2. The monoisotopic (exact) mass is 395 g/mol. The number of piperazine rings is 1. The van der Waals surface area contributed by atoms with Crippen molar-refractivity contribution in [2.45, 2.75) is 26.3 Å². The molecule has 3 aromatic rings. The van der Waals surface area contributed by atoms with Gasteiger partial charge in [-0.25, -0.2) is 9.37 Å². The Morgan fingerprint density at radius 3 is 2.62 bits per heavy atom. The van der Waals surface area contributed by atoms with Crippen molar-refractivity contribution in [3.63, 3.8) is 0 Å². The quantitative estimate of drug-likeness (QED) is 0.677. The Morgan fingerprint density at radius 1 is 1.17 bits per heavy atom. The van der Waals surface area contributed by atoms with Crippen LogP contribution >= 0.6 is 0 Å². The van der Waals surface area contributed by atoms with Crippen molar-refractivity contribution in [3.8, 4) is 0 Å². The van der Waals surface area contributed by atoms with E-state index in [-0.39, 0.29) is 30.1 Å². The van der Waals surface area contributed by atoms with Gasteiger partial charge in [-0.3, -0.25) is 9.59 Å². The van der Waals surface area contributed by atoms with Crippen molar-refractivity contribution in [1.82, 2.24) is 14.8 Å². The maximum atomic E-state index is 13.0. The van der Waals surface area contributed by atoms with Crippen LogP contribution in [0.15, 0.2) is 46.9 Å². The summed E-state index contributed by atoms with van der Waals surface area (Å²) in [5.74, 6) is 0.164. The van der Waals surface area contributed by atoms with Crippen LogP contribution in [-0.2, 0) is 11.3 Å². The van der Waals surface area contributed by atoms with Crippen LogP contribution in [0.5, 0.6) is 0 Å². The van der Waals surface area contributed by atoms with Crippen LogP contribution in [0.25, 0.3) is 11.1 Å². The highest BCUT2D eigenvalue weighted by molar-refractivity contribution is 5.99. The molecule has 0 atom stereocenters. The number of benzene rings is 2. The molecule has 2 heterocycles. The zero-order valence-electron chi connectivity index (χ0n) is 16.4. The summed E-state index contributed by atoms with van der Waals surface area (Å²) in [7, 11) is 0. The van der Waals surface area contributed by atoms with Crippen molar-refractivity contribution >= 4 is 22.9 Å². The van der Waals surface area contributed by atoms with E-state index in [0.717, 1.165) is 5.56 Å². The molecule has 0 bridgehead atoms. The van der Waals surface area contributed by atoms with Gasteiger partial charge in [0.1, 0.15) is 17.9 Å². The first-order valence-electron chi connectivity index (χ1n) is 9.62. The van der Waals surface area contributed by atoms with Gasteiger partial charge < -0.3 is 14.2 Å². The Morgan fingerprint density at radius 2 is 1.93 bits per heavy atom. The van der Waals surface area contributed by atoms with Crippen molar-refractivity contribution in [1.29, 1.82) is 0 Å². The number of amides is 2. The standard InChI is InChI=1S/C22H22FN3O3/c1-14(2)21-24-18-11-16(5-8-19(18)29-21)22(28)26-10-9-25(20(27)13-26)12-15-3-6-17(23)7-4-15/h3-8,11,14H,9-10,12-13H2,1-2H3. The number of aromatic nitrogens is 1. The summed E-state index contributed by atoms with van der Waals surface area (Å²) in [5, 5.41) is 0. The number of halogens is 1. The van der Waals surface area contributed by atoms with Gasteiger partial charge in [-0.05, 0) is 35.9 Å². The van der Waals surface area contributed by atoms with Gasteiger partial charge in [-0.2, -0.15) is 0 Å². The van der Waals surface area contributed by atoms with Crippen LogP contribution in [0.2, 0.25) is 0 Å². The van der Waals surface area contributed by atoms with E-state index >= 15 is 0 Å². The van der Waals surface area contributed by atoms with E-state index in [1.165, 1.54) is 12.1 Å². The lowest BCUT2D eigenvalue weighted by Crippen LogP contribution is -2.51. The van der Waals surface area contributed by atoms with Gasteiger partial charge >= 0.3 is 0 Å². The van der Waals surface area contributed by atoms with E-state index in [1.54, 1.807) is 40.1 Å². The van der Waals surface area contributed by atoms with Crippen molar-refractivity contribution < 1.29 is 18.4 Å². The smallest absolute Gasteiger partial charge is 0.254 e. The van der Waals surface area contributed by atoms with E-state index in [1.807, 2.05) is 13.8 Å². The third kappa shape index (κ3) is 3.99. The average Bonchev–Trinajstić information content (AvgIpc) is 3.14. The van der Waals surface area contributed by atoms with E-state index in [0.29, 0.717) is 42.2 Å². The number of fused-ring (bicyclic) bond motifs is 1. The normalized spacial score (nSPS) is 14.8. The summed E-state index contributed by atoms with van der Waals surface area (Å²) >= 11 is 0. The van der Waals surface area contributed by atoms with E-state index in [4.69, 9.17) is 4.42 Å². The van der Waals surface area contributed by atoms with Gasteiger partial charge in [-0.1, -0.05) is 26.0 Å². The summed E-state index contributed by atoms with van der Waals surface area (Å²) in [5.41, 5.74) is 2.63. The predicted molar refractivity (Wildman–Crippen MR) is 106 cm³/mol. The minimum atomic E-state index is -0.305. The third-order valence-corrected chi connectivity index (χ3v) is 5.04. The Kier molecular flexibility index (Phi) is 5.05. The first-order valence-corrected chi connectivity index (χ1v) is 9.62. The fraction of sp³-hybridized carbons (Fsp3) is 0.318. The topological polar surface area (TPSA) is 66.7 Å². The van der Waals surface area contributed by atoms with Gasteiger partial charge in [0.25, 0.3) is 5.91 Å². The molecule has 2 aromatic carbocycles. The molecule has 0 radical (unpaired) electrons. The molecule has 1 saturated heterocycles. The molecule has 150 valence electrons. The van der Waals surface area contributed by atoms with Gasteiger partial charge in [0, 0.05) is 31.1 Å². The Balaban J connectivity index is 1.44. The highest BCUT2D eigenvalue weighted by Gasteiger charge is 2.28. The first-order chi connectivity index (χ1) is 13.9. The molecule has 2 amide bonds. The van der Waals surface area contributed by atoms with Crippen LogP contribution in [0.1, 0.15) is 41.6 Å². The van der Waals surface area contributed by atoms with E-state index in [9.17, 15) is 14.0 Å². The van der Waals surface area contributed by atoms with Crippen molar-refractivity contribution in [2.24, 2.45) is 0 Å². The summed E-state index contributed by atoms with van der Waals surface area (Å²) in [6.45, 7) is 5.30. The summed E-state index contributed by atoms with van der Waals surface area (Å²) < 4.78 is 18.7. The van der Waals surface area contributed by atoms with Crippen molar-refractivity contribution in [2.75, 3.05) is 19.6 Å². The highest BCUT2D eigenvalue weighted by atomic mass is 19.1. The molecule has 1 aliphatic heterocycles.